The van der Waals surface area contributed by atoms with Gasteiger partial charge in [-0.2, -0.15) is 0 Å². The second kappa shape index (κ2) is 3.97. The third-order valence-electron chi connectivity index (χ3n) is 4.12. The molecule has 0 aromatic carbocycles. The van der Waals surface area contributed by atoms with E-state index in [0.717, 1.165) is 6.42 Å². The zero-order chi connectivity index (χ0) is 13.7. The average Bonchev–Trinajstić information content (AvgIpc) is 2.84. The third-order valence-corrected chi connectivity index (χ3v) is 4.12. The first-order valence-corrected chi connectivity index (χ1v) is 6.73. The highest BCUT2D eigenvalue weighted by Gasteiger charge is 2.53. The van der Waals surface area contributed by atoms with Gasteiger partial charge in [0.2, 0.25) is 11.8 Å². The van der Waals surface area contributed by atoms with Crippen molar-refractivity contribution in [3.05, 3.63) is 0 Å². The van der Waals surface area contributed by atoms with Crippen LogP contribution in [0, 0.1) is 10.8 Å². The summed E-state index contributed by atoms with van der Waals surface area (Å²) in [4.78, 5) is 26.3. The summed E-state index contributed by atoms with van der Waals surface area (Å²) in [6.07, 6.45) is 1.47. The molecule has 2 unspecified atom stereocenters. The summed E-state index contributed by atoms with van der Waals surface area (Å²) in [5.74, 6) is 0.0770. The number of hydrogen-bond donors (Lipinski definition) is 1. The maximum atomic E-state index is 12.6. The Balaban J connectivity index is 2.22. The van der Waals surface area contributed by atoms with E-state index in [1.54, 1.807) is 0 Å². The second-order valence-electron chi connectivity index (χ2n) is 7.36. The Morgan fingerprint density at radius 3 is 2.28 bits per heavy atom. The van der Waals surface area contributed by atoms with E-state index in [2.05, 4.69) is 19.2 Å². The second-order valence-corrected chi connectivity index (χ2v) is 7.36. The summed E-state index contributed by atoms with van der Waals surface area (Å²) in [5, 5.41) is 2.88. The van der Waals surface area contributed by atoms with Gasteiger partial charge < -0.3 is 10.2 Å². The molecule has 1 aliphatic carbocycles. The molecule has 1 N–H and O–H groups in total. The van der Waals surface area contributed by atoms with Gasteiger partial charge in [0.15, 0.2) is 0 Å². The first kappa shape index (κ1) is 13.4. The molecular weight excluding hydrogens is 228 g/mol. The first-order valence-electron chi connectivity index (χ1n) is 6.73. The molecule has 0 aromatic heterocycles. The van der Waals surface area contributed by atoms with Crippen molar-refractivity contribution in [2.24, 2.45) is 10.8 Å². The largest absolute Gasteiger partial charge is 0.344 e. The average molecular weight is 252 g/mol. The van der Waals surface area contributed by atoms with Crippen molar-refractivity contribution in [3.8, 4) is 0 Å². The highest BCUT2D eigenvalue weighted by atomic mass is 16.2. The Hall–Kier alpha value is -1.06. The van der Waals surface area contributed by atoms with Gasteiger partial charge in [-0.1, -0.05) is 34.6 Å². The summed E-state index contributed by atoms with van der Waals surface area (Å²) in [7, 11) is 0. The number of nitrogens with zero attached hydrogens (tertiary/aromatic N) is 1. The minimum atomic E-state index is -0.399. The quantitative estimate of drug-likeness (QED) is 0.769. The molecule has 2 atom stereocenters. The molecule has 0 spiro atoms. The zero-order valence-corrected chi connectivity index (χ0v) is 12.0. The molecule has 102 valence electrons. The zero-order valence-electron chi connectivity index (χ0n) is 12.0. The molecule has 2 amide bonds. The molecule has 18 heavy (non-hydrogen) atoms. The fourth-order valence-corrected chi connectivity index (χ4v) is 2.66. The molecule has 0 radical (unpaired) electrons. The minimum Gasteiger partial charge on any atom is -0.344 e. The van der Waals surface area contributed by atoms with Crippen LogP contribution in [0.4, 0.5) is 0 Å². The van der Waals surface area contributed by atoms with Crippen LogP contribution in [0.25, 0.3) is 0 Å². The molecule has 4 heteroatoms. The van der Waals surface area contributed by atoms with E-state index in [0.29, 0.717) is 19.0 Å². The Morgan fingerprint density at radius 1 is 1.28 bits per heavy atom. The van der Waals surface area contributed by atoms with E-state index in [1.807, 2.05) is 25.7 Å². The van der Waals surface area contributed by atoms with Gasteiger partial charge in [0.05, 0.1) is 0 Å². The number of hydrogen-bond acceptors (Lipinski definition) is 2. The monoisotopic (exact) mass is 252 g/mol. The lowest BCUT2D eigenvalue weighted by molar-refractivity contribution is -0.137. The third kappa shape index (κ3) is 2.38. The van der Waals surface area contributed by atoms with Gasteiger partial charge in [-0.25, -0.2) is 0 Å². The number of rotatable bonds is 1. The summed E-state index contributed by atoms with van der Waals surface area (Å²) < 4.78 is 0. The highest BCUT2D eigenvalue weighted by molar-refractivity contribution is 5.91. The number of carbonyl (C=O) groups excluding carboxylic acids is 2. The van der Waals surface area contributed by atoms with E-state index in [9.17, 15) is 9.59 Å². The molecule has 0 aromatic rings. The lowest BCUT2D eigenvalue weighted by Crippen LogP contribution is -2.52. The highest BCUT2D eigenvalue weighted by Crippen LogP contribution is 2.49. The van der Waals surface area contributed by atoms with E-state index >= 15 is 0 Å². The fraction of sp³-hybridized carbons (Fsp3) is 0.857. The van der Waals surface area contributed by atoms with Crippen LogP contribution in [-0.2, 0) is 9.59 Å². The van der Waals surface area contributed by atoms with Crippen LogP contribution in [-0.4, -0.2) is 35.3 Å². The van der Waals surface area contributed by atoms with Crippen molar-refractivity contribution >= 4 is 11.8 Å². The van der Waals surface area contributed by atoms with Gasteiger partial charge in [0.25, 0.3) is 0 Å². The molecule has 1 saturated heterocycles. The summed E-state index contributed by atoms with van der Waals surface area (Å²) >= 11 is 0. The normalized spacial score (nSPS) is 31.9. The summed E-state index contributed by atoms with van der Waals surface area (Å²) in [6, 6.07) is -0.0913. The van der Waals surface area contributed by atoms with Crippen LogP contribution in [0.5, 0.6) is 0 Å². The van der Waals surface area contributed by atoms with E-state index in [-0.39, 0.29) is 22.6 Å². The molecule has 1 aliphatic heterocycles. The van der Waals surface area contributed by atoms with Gasteiger partial charge in [-0.15, -0.1) is 0 Å². The standard InChI is InChI=1S/C14H24N2O2/c1-13(2,3)11-12(18)16(7-6-10(17)15-11)9-8-14(9,4)5/h9,11H,6-8H2,1-5H3,(H,15,17). The van der Waals surface area contributed by atoms with Crippen molar-refractivity contribution in [2.45, 2.75) is 59.5 Å². The molecule has 0 bridgehead atoms. The van der Waals surface area contributed by atoms with Crippen molar-refractivity contribution in [2.75, 3.05) is 6.54 Å². The Labute approximate surface area is 109 Å². The van der Waals surface area contributed by atoms with Gasteiger partial charge in [0, 0.05) is 19.0 Å². The maximum Gasteiger partial charge on any atom is 0.245 e. The fourth-order valence-electron chi connectivity index (χ4n) is 2.66. The van der Waals surface area contributed by atoms with Crippen LogP contribution in [0.2, 0.25) is 0 Å². The number of amides is 2. The molecule has 2 rings (SSSR count). The van der Waals surface area contributed by atoms with Crippen molar-refractivity contribution in [1.29, 1.82) is 0 Å². The van der Waals surface area contributed by atoms with Crippen LogP contribution in [0.15, 0.2) is 0 Å². The van der Waals surface area contributed by atoms with Crippen molar-refractivity contribution in [3.63, 3.8) is 0 Å². The van der Waals surface area contributed by atoms with Crippen molar-refractivity contribution in [1.82, 2.24) is 10.2 Å². The van der Waals surface area contributed by atoms with Gasteiger partial charge in [-0.3, -0.25) is 9.59 Å². The summed E-state index contributed by atoms with van der Waals surface area (Å²) in [5.41, 5.74) is -0.0279. The maximum absolute atomic E-state index is 12.6. The Morgan fingerprint density at radius 2 is 1.83 bits per heavy atom. The number of nitrogens with one attached hydrogen (secondary N) is 1. The van der Waals surface area contributed by atoms with Gasteiger partial charge in [0.1, 0.15) is 6.04 Å². The first-order chi connectivity index (χ1) is 8.13. The lowest BCUT2D eigenvalue weighted by atomic mass is 9.86. The van der Waals surface area contributed by atoms with E-state index < -0.39 is 6.04 Å². The SMILES string of the molecule is CC(C)(C)C1NC(=O)CCN(C2CC2(C)C)C1=O. The topological polar surface area (TPSA) is 49.4 Å². The molecule has 2 fully saturated rings. The Kier molecular flexibility index (Phi) is 2.95. The predicted octanol–water partition coefficient (Wildman–Crippen LogP) is 1.55. The number of carbonyl (C=O) groups is 2. The van der Waals surface area contributed by atoms with Crippen LogP contribution in [0.1, 0.15) is 47.5 Å². The van der Waals surface area contributed by atoms with E-state index in [4.69, 9.17) is 0 Å². The molecule has 4 nitrogen and oxygen atoms in total. The van der Waals surface area contributed by atoms with Gasteiger partial charge in [-0.05, 0) is 17.3 Å². The predicted molar refractivity (Wildman–Crippen MR) is 69.9 cm³/mol. The minimum absolute atomic E-state index is 0.00997. The Bertz CT molecular complexity index is 382. The lowest BCUT2D eigenvalue weighted by Gasteiger charge is -2.33. The van der Waals surface area contributed by atoms with E-state index in [1.165, 1.54) is 0 Å². The van der Waals surface area contributed by atoms with Crippen LogP contribution >= 0.6 is 0 Å². The van der Waals surface area contributed by atoms with Crippen LogP contribution in [0.3, 0.4) is 0 Å². The summed E-state index contributed by atoms with van der Waals surface area (Å²) in [6.45, 7) is 10.9. The smallest absolute Gasteiger partial charge is 0.245 e. The molecule has 2 aliphatic rings. The molecular formula is C14H24N2O2. The van der Waals surface area contributed by atoms with Crippen molar-refractivity contribution < 1.29 is 9.59 Å². The van der Waals surface area contributed by atoms with Crippen LogP contribution < -0.4 is 5.32 Å². The molecule has 1 saturated carbocycles. The molecule has 1 heterocycles. The van der Waals surface area contributed by atoms with Gasteiger partial charge >= 0.3 is 0 Å².